The van der Waals surface area contributed by atoms with Crippen molar-refractivity contribution in [2.45, 2.75) is 46.0 Å². The number of hydrogen-bond acceptors (Lipinski definition) is 4. The minimum atomic E-state index is -0.112. The number of anilines is 9. The molecule has 0 saturated carbocycles. The van der Waals surface area contributed by atoms with E-state index < -0.39 is 0 Å². The highest BCUT2D eigenvalue weighted by atomic mass is 16.3. The molecule has 0 saturated heterocycles. The Morgan fingerprint density at radius 2 is 0.946 bits per heavy atom. The Labute approximate surface area is 435 Å². The summed E-state index contributed by atoms with van der Waals surface area (Å²) in [6.07, 6.45) is 0. The first-order valence-electron chi connectivity index (χ1n) is 26.0. The first-order chi connectivity index (χ1) is 36.1. The number of furan rings is 1. The molecule has 4 nitrogen and oxygen atoms in total. The smallest absolute Gasteiger partial charge is 0.252 e. The van der Waals surface area contributed by atoms with Crippen molar-refractivity contribution in [3.05, 3.63) is 254 Å². The zero-order chi connectivity index (χ0) is 50.1. The van der Waals surface area contributed by atoms with Gasteiger partial charge >= 0.3 is 0 Å². The molecular formula is C69H56BN3O. The van der Waals surface area contributed by atoms with Gasteiger partial charge in [0.1, 0.15) is 11.3 Å². The van der Waals surface area contributed by atoms with Crippen LogP contribution in [0.25, 0.3) is 44.5 Å². The largest absolute Gasteiger partial charge is 0.456 e. The zero-order valence-corrected chi connectivity index (χ0v) is 42.5. The molecule has 356 valence electrons. The van der Waals surface area contributed by atoms with Crippen LogP contribution in [0.15, 0.2) is 247 Å². The molecule has 0 fully saturated rings. The van der Waals surface area contributed by atoms with Crippen LogP contribution in [0.2, 0.25) is 0 Å². The molecule has 0 atom stereocenters. The van der Waals surface area contributed by atoms with E-state index in [0.29, 0.717) is 0 Å². The van der Waals surface area contributed by atoms with E-state index in [-0.39, 0.29) is 18.0 Å². The Hall–Kier alpha value is -8.80. The van der Waals surface area contributed by atoms with E-state index in [1.165, 1.54) is 66.8 Å². The summed E-state index contributed by atoms with van der Waals surface area (Å²) in [6, 6.07) is 89.2. The van der Waals surface area contributed by atoms with Gasteiger partial charge < -0.3 is 19.1 Å². The lowest BCUT2D eigenvalue weighted by molar-refractivity contribution is 0.591. The predicted molar refractivity (Wildman–Crippen MR) is 314 cm³/mol. The Kier molecular flexibility index (Phi) is 11.0. The Balaban J connectivity index is 1.12. The molecule has 0 unspecified atom stereocenters. The average molecular weight is 954 g/mol. The van der Waals surface area contributed by atoms with Gasteiger partial charge in [0.2, 0.25) is 0 Å². The average Bonchev–Trinajstić information content (AvgIpc) is 3.90. The van der Waals surface area contributed by atoms with Crippen LogP contribution in [0.5, 0.6) is 0 Å². The molecule has 0 N–H and O–H groups in total. The van der Waals surface area contributed by atoms with E-state index >= 15 is 0 Å². The van der Waals surface area contributed by atoms with Gasteiger partial charge in [-0.05, 0) is 164 Å². The van der Waals surface area contributed by atoms with E-state index in [4.69, 9.17) is 4.42 Å². The second-order valence-corrected chi connectivity index (χ2v) is 21.2. The van der Waals surface area contributed by atoms with Crippen molar-refractivity contribution in [3.63, 3.8) is 0 Å². The van der Waals surface area contributed by atoms with Gasteiger partial charge in [0, 0.05) is 62.1 Å². The summed E-state index contributed by atoms with van der Waals surface area (Å²) in [7, 11) is 0. The van der Waals surface area contributed by atoms with Gasteiger partial charge in [0.05, 0.1) is 0 Å². The summed E-state index contributed by atoms with van der Waals surface area (Å²) < 4.78 is 6.57. The summed E-state index contributed by atoms with van der Waals surface area (Å²) in [5.41, 5.74) is 23.1. The van der Waals surface area contributed by atoms with Crippen LogP contribution in [-0.4, -0.2) is 6.71 Å². The van der Waals surface area contributed by atoms with E-state index in [9.17, 15) is 0 Å². The van der Waals surface area contributed by atoms with Crippen LogP contribution in [0.1, 0.15) is 51.7 Å². The summed E-state index contributed by atoms with van der Waals surface area (Å²) in [6.45, 7) is 11.5. The van der Waals surface area contributed by atoms with Crippen LogP contribution >= 0.6 is 0 Å². The fraction of sp³-hybridized carbons (Fsp3) is 0.101. The third kappa shape index (κ3) is 7.88. The number of nitrogens with zero attached hydrogens (tertiary/aromatic N) is 3. The van der Waals surface area contributed by atoms with Crippen LogP contribution in [0.4, 0.5) is 51.2 Å². The molecular weight excluding hydrogens is 898 g/mol. The second kappa shape index (κ2) is 18.1. The fourth-order valence-corrected chi connectivity index (χ4v) is 11.4. The minimum absolute atomic E-state index is 0.0991. The summed E-state index contributed by atoms with van der Waals surface area (Å²) in [5.74, 6) is 1.09. The van der Waals surface area contributed by atoms with Gasteiger partial charge in [-0.25, -0.2) is 0 Å². The molecule has 5 heteroatoms. The number of hydrogen-bond donors (Lipinski definition) is 0. The molecule has 10 aromatic carbocycles. The Bertz CT molecular complexity index is 3750. The molecule has 0 radical (unpaired) electrons. The SMILES string of the molecule is CC(C)c1cc2c3c(c1)N(c1cc(-c4ccccc4)cc(-c4ccccc4)c1)c1ccc(C(C)(C)C)cc1B3c1cc(N(c3ccccc3)c3ccccc3)ccc1N2c1cccc(-c2cc3ccccc3o2)c1. The Morgan fingerprint density at radius 3 is 1.54 bits per heavy atom. The molecule has 2 aliphatic heterocycles. The second-order valence-electron chi connectivity index (χ2n) is 21.2. The van der Waals surface area contributed by atoms with E-state index in [1.807, 2.05) is 12.1 Å². The normalized spacial score (nSPS) is 12.7. The predicted octanol–water partition coefficient (Wildman–Crippen LogP) is 17.4. The van der Waals surface area contributed by atoms with Crippen LogP contribution < -0.4 is 31.1 Å². The molecule has 1 aromatic heterocycles. The molecule has 3 heterocycles. The number of fused-ring (bicyclic) bond motifs is 5. The molecule has 0 aliphatic carbocycles. The fourth-order valence-electron chi connectivity index (χ4n) is 11.4. The molecule has 13 rings (SSSR count). The lowest BCUT2D eigenvalue weighted by Gasteiger charge is -2.45. The monoisotopic (exact) mass is 953 g/mol. The summed E-state index contributed by atoms with van der Waals surface area (Å²) in [5, 5.41) is 1.09. The van der Waals surface area contributed by atoms with Gasteiger partial charge in [-0.3, -0.25) is 0 Å². The van der Waals surface area contributed by atoms with Gasteiger partial charge in [-0.15, -0.1) is 0 Å². The van der Waals surface area contributed by atoms with Crippen molar-refractivity contribution in [2.24, 2.45) is 0 Å². The van der Waals surface area contributed by atoms with Crippen LogP contribution in [0, 0.1) is 0 Å². The Morgan fingerprint density at radius 1 is 0.419 bits per heavy atom. The number of benzene rings is 10. The highest BCUT2D eigenvalue weighted by molar-refractivity contribution is 7.00. The summed E-state index contributed by atoms with van der Waals surface area (Å²) in [4.78, 5) is 7.52. The number of rotatable bonds is 9. The van der Waals surface area contributed by atoms with Crippen molar-refractivity contribution < 1.29 is 4.42 Å². The van der Waals surface area contributed by atoms with Crippen LogP contribution in [0.3, 0.4) is 0 Å². The zero-order valence-electron chi connectivity index (χ0n) is 42.5. The van der Waals surface area contributed by atoms with Gasteiger partial charge in [0.25, 0.3) is 6.71 Å². The molecule has 74 heavy (non-hydrogen) atoms. The highest BCUT2D eigenvalue weighted by Crippen LogP contribution is 2.49. The van der Waals surface area contributed by atoms with Gasteiger partial charge in [-0.2, -0.15) is 0 Å². The van der Waals surface area contributed by atoms with Crippen molar-refractivity contribution in [3.8, 4) is 33.6 Å². The van der Waals surface area contributed by atoms with Crippen LogP contribution in [-0.2, 0) is 5.41 Å². The summed E-state index contributed by atoms with van der Waals surface area (Å²) >= 11 is 0. The maximum absolute atomic E-state index is 6.57. The van der Waals surface area contributed by atoms with Gasteiger partial charge in [0.15, 0.2) is 0 Å². The molecule has 0 spiro atoms. The van der Waals surface area contributed by atoms with Crippen molar-refractivity contribution >= 4 is 85.3 Å². The third-order valence-electron chi connectivity index (χ3n) is 15.1. The lowest BCUT2D eigenvalue weighted by Crippen LogP contribution is -2.61. The van der Waals surface area contributed by atoms with Gasteiger partial charge in [-0.1, -0.05) is 174 Å². The third-order valence-corrected chi connectivity index (χ3v) is 15.1. The maximum Gasteiger partial charge on any atom is 0.252 e. The lowest BCUT2D eigenvalue weighted by atomic mass is 9.33. The minimum Gasteiger partial charge on any atom is -0.456 e. The van der Waals surface area contributed by atoms with Crippen molar-refractivity contribution in [1.82, 2.24) is 0 Å². The highest BCUT2D eigenvalue weighted by Gasteiger charge is 2.45. The maximum atomic E-state index is 6.57. The topological polar surface area (TPSA) is 22.9 Å². The van der Waals surface area contributed by atoms with Crippen molar-refractivity contribution in [1.29, 1.82) is 0 Å². The standard InChI is InChI=1S/C69H56BN3O/c1-46(2)51-41-64-68-65(42-51)73(59-39-52(47-21-10-6-11-22-47)37-53(40-59)48-23-12-7-13-24-48)62-35-33-54(69(3,4)5)44-60(62)70(68)61-45-58(71(55-27-14-8-15-28-55)56-29-16-9-17-30-56)34-36-63(61)72(64)57-31-20-26-49(38-57)67-43-50-25-18-19-32-66(50)74-67/h6-46H,1-5H3. The van der Waals surface area contributed by atoms with E-state index in [0.717, 1.165) is 56.4 Å². The molecule has 0 bridgehead atoms. The van der Waals surface area contributed by atoms with E-state index in [2.05, 4.69) is 280 Å². The number of para-hydroxylation sites is 3. The van der Waals surface area contributed by atoms with Crippen molar-refractivity contribution in [2.75, 3.05) is 14.7 Å². The molecule has 2 aliphatic rings. The first-order valence-corrected chi connectivity index (χ1v) is 26.0. The quantitative estimate of drug-likeness (QED) is 0.135. The molecule has 11 aromatic rings. The first kappa shape index (κ1) is 45.1. The molecule has 0 amide bonds. The van der Waals surface area contributed by atoms with E-state index in [1.54, 1.807) is 0 Å².